The van der Waals surface area contributed by atoms with E-state index in [-0.39, 0.29) is 29.2 Å². The van der Waals surface area contributed by atoms with Crippen molar-refractivity contribution in [2.45, 2.75) is 0 Å². The van der Waals surface area contributed by atoms with Crippen LogP contribution in [0.5, 0.6) is 5.75 Å². The summed E-state index contributed by atoms with van der Waals surface area (Å²) in [5.41, 5.74) is 5.28. The number of benzene rings is 1. The second kappa shape index (κ2) is 9.70. The zero-order valence-electron chi connectivity index (χ0n) is 13.4. The topological polar surface area (TPSA) is 96.5 Å². The van der Waals surface area contributed by atoms with Crippen LogP contribution in [0.3, 0.4) is 0 Å². The Morgan fingerprint density at radius 1 is 1.04 bits per heavy atom. The number of thiophene rings is 1. The first-order chi connectivity index (χ1) is 12.1. The highest BCUT2D eigenvalue weighted by molar-refractivity contribution is 8.00. The molecular weight excluding hydrogens is 362 g/mol. The third-order valence-electron chi connectivity index (χ3n) is 2.90. The lowest BCUT2D eigenvalue weighted by atomic mass is 10.3. The van der Waals surface area contributed by atoms with Crippen LogP contribution in [0.25, 0.3) is 0 Å². The number of amides is 3. The van der Waals surface area contributed by atoms with Crippen molar-refractivity contribution < 1.29 is 19.1 Å². The number of anilines is 1. The van der Waals surface area contributed by atoms with Crippen LogP contribution in [0.15, 0.2) is 41.8 Å². The normalized spacial score (nSPS) is 9.96. The van der Waals surface area contributed by atoms with Crippen molar-refractivity contribution in [1.82, 2.24) is 10.9 Å². The number of methoxy groups -OCH3 is 1. The van der Waals surface area contributed by atoms with Gasteiger partial charge in [0.05, 0.1) is 23.5 Å². The number of thioether (sulfide) groups is 1. The Hall–Kier alpha value is -2.52. The van der Waals surface area contributed by atoms with Crippen LogP contribution in [0.4, 0.5) is 5.69 Å². The highest BCUT2D eigenvalue weighted by Crippen LogP contribution is 2.15. The Morgan fingerprint density at radius 3 is 2.40 bits per heavy atom. The van der Waals surface area contributed by atoms with E-state index in [1.807, 2.05) is 0 Å². The molecule has 3 amide bonds. The molecule has 1 aromatic carbocycles. The monoisotopic (exact) mass is 379 g/mol. The smallest absolute Gasteiger partial charge is 0.279 e. The zero-order valence-corrected chi connectivity index (χ0v) is 15.0. The fourth-order valence-electron chi connectivity index (χ4n) is 1.74. The first-order valence-corrected chi connectivity index (χ1v) is 9.26. The van der Waals surface area contributed by atoms with Gasteiger partial charge < -0.3 is 10.1 Å². The van der Waals surface area contributed by atoms with Crippen LogP contribution in [0.1, 0.15) is 9.67 Å². The number of nitrogens with one attached hydrogen (secondary N) is 3. The van der Waals surface area contributed by atoms with Crippen LogP contribution in [0.2, 0.25) is 0 Å². The number of carbonyl (C=O) groups is 3. The summed E-state index contributed by atoms with van der Waals surface area (Å²) in [6.45, 7) is 0. The molecule has 0 saturated carbocycles. The van der Waals surface area contributed by atoms with Crippen molar-refractivity contribution in [3.63, 3.8) is 0 Å². The van der Waals surface area contributed by atoms with Crippen LogP contribution >= 0.6 is 23.1 Å². The van der Waals surface area contributed by atoms with E-state index in [0.717, 1.165) is 11.8 Å². The maximum absolute atomic E-state index is 11.8. The van der Waals surface area contributed by atoms with E-state index in [2.05, 4.69) is 16.2 Å². The number of carbonyl (C=O) groups excluding carboxylic acids is 3. The molecule has 0 bridgehead atoms. The fourth-order valence-corrected chi connectivity index (χ4v) is 2.98. The summed E-state index contributed by atoms with van der Waals surface area (Å²) in [5.74, 6) is -0.0870. The highest BCUT2D eigenvalue weighted by Gasteiger charge is 2.09. The van der Waals surface area contributed by atoms with Crippen molar-refractivity contribution in [3.05, 3.63) is 46.7 Å². The van der Waals surface area contributed by atoms with Crippen LogP contribution in [-0.4, -0.2) is 36.3 Å². The van der Waals surface area contributed by atoms with Gasteiger partial charge in [0, 0.05) is 5.69 Å². The van der Waals surface area contributed by atoms with Gasteiger partial charge in [0.2, 0.25) is 11.8 Å². The summed E-state index contributed by atoms with van der Waals surface area (Å²) in [4.78, 5) is 35.6. The third-order valence-corrected chi connectivity index (χ3v) is 4.70. The van der Waals surface area contributed by atoms with E-state index in [9.17, 15) is 14.4 Å². The van der Waals surface area contributed by atoms with Gasteiger partial charge in [-0.05, 0) is 35.7 Å². The van der Waals surface area contributed by atoms with Gasteiger partial charge >= 0.3 is 0 Å². The predicted octanol–water partition coefficient (Wildman–Crippen LogP) is 1.89. The fraction of sp³-hybridized carbons (Fsp3) is 0.188. The first-order valence-electron chi connectivity index (χ1n) is 7.23. The Labute approximate surface area is 153 Å². The van der Waals surface area contributed by atoms with E-state index in [1.54, 1.807) is 48.9 Å². The summed E-state index contributed by atoms with van der Waals surface area (Å²) in [6.07, 6.45) is 0. The SMILES string of the molecule is COc1ccc(NC(=O)CSCC(=O)NNC(=O)c2cccs2)cc1. The molecule has 132 valence electrons. The lowest BCUT2D eigenvalue weighted by Gasteiger charge is -2.07. The molecule has 0 radical (unpaired) electrons. The van der Waals surface area contributed by atoms with E-state index < -0.39 is 0 Å². The molecule has 1 aromatic heterocycles. The second-order valence-corrected chi connectivity index (χ2v) is 6.68. The number of ether oxygens (including phenoxy) is 1. The van der Waals surface area contributed by atoms with Crippen molar-refractivity contribution in [2.75, 3.05) is 23.9 Å². The molecular formula is C16H17N3O4S2. The number of hydrogen-bond donors (Lipinski definition) is 3. The molecule has 9 heteroatoms. The number of rotatable bonds is 7. The molecule has 0 unspecified atom stereocenters. The molecule has 0 aliphatic heterocycles. The molecule has 0 aliphatic rings. The quantitative estimate of drug-likeness (QED) is 0.639. The molecule has 25 heavy (non-hydrogen) atoms. The maximum atomic E-state index is 11.8. The molecule has 7 nitrogen and oxygen atoms in total. The van der Waals surface area contributed by atoms with Gasteiger partial charge in [0.15, 0.2) is 0 Å². The largest absolute Gasteiger partial charge is 0.497 e. The Morgan fingerprint density at radius 2 is 1.76 bits per heavy atom. The molecule has 3 N–H and O–H groups in total. The van der Waals surface area contributed by atoms with Gasteiger partial charge in [-0.2, -0.15) is 0 Å². The summed E-state index contributed by atoms with van der Waals surface area (Å²) in [7, 11) is 1.57. The van der Waals surface area contributed by atoms with Gasteiger partial charge in [0.1, 0.15) is 5.75 Å². The van der Waals surface area contributed by atoms with Crippen molar-refractivity contribution in [2.24, 2.45) is 0 Å². The lowest BCUT2D eigenvalue weighted by molar-refractivity contribution is -0.119. The van der Waals surface area contributed by atoms with Gasteiger partial charge in [-0.15, -0.1) is 23.1 Å². The highest BCUT2D eigenvalue weighted by atomic mass is 32.2. The van der Waals surface area contributed by atoms with Gasteiger partial charge in [0.25, 0.3) is 5.91 Å². The molecule has 2 rings (SSSR count). The van der Waals surface area contributed by atoms with Crippen LogP contribution in [0, 0.1) is 0 Å². The minimum atomic E-state index is -0.382. The summed E-state index contributed by atoms with van der Waals surface area (Å²) >= 11 is 2.43. The minimum Gasteiger partial charge on any atom is -0.497 e. The molecule has 0 saturated heterocycles. The Balaban J connectivity index is 1.63. The number of hydrogen-bond acceptors (Lipinski definition) is 6. The van der Waals surface area contributed by atoms with E-state index in [0.29, 0.717) is 16.3 Å². The average molecular weight is 379 g/mol. The Bertz CT molecular complexity index is 717. The first kappa shape index (κ1) is 18.8. The standard InChI is InChI=1S/C16H17N3O4S2/c1-23-12-6-4-11(5-7-12)17-14(20)9-24-10-15(21)18-19-16(22)13-3-2-8-25-13/h2-8H,9-10H2,1H3,(H,17,20)(H,18,21)(H,19,22). The predicted molar refractivity (Wildman–Crippen MR) is 98.9 cm³/mol. The summed E-state index contributed by atoms with van der Waals surface area (Å²) in [6, 6.07) is 10.4. The van der Waals surface area contributed by atoms with Crippen LogP contribution in [-0.2, 0) is 9.59 Å². The molecule has 0 aliphatic carbocycles. The van der Waals surface area contributed by atoms with E-state index in [4.69, 9.17) is 4.74 Å². The minimum absolute atomic E-state index is 0.0563. The third kappa shape index (κ3) is 6.48. The molecule has 1 heterocycles. The maximum Gasteiger partial charge on any atom is 0.279 e. The second-order valence-electron chi connectivity index (χ2n) is 4.75. The number of hydrazine groups is 1. The van der Waals surface area contributed by atoms with Crippen LogP contribution < -0.4 is 20.9 Å². The lowest BCUT2D eigenvalue weighted by Crippen LogP contribution is -2.42. The van der Waals surface area contributed by atoms with E-state index >= 15 is 0 Å². The van der Waals surface area contributed by atoms with Gasteiger partial charge in [-0.1, -0.05) is 6.07 Å². The molecule has 0 spiro atoms. The zero-order chi connectivity index (χ0) is 18.1. The van der Waals surface area contributed by atoms with Crippen molar-refractivity contribution in [3.8, 4) is 5.75 Å². The average Bonchev–Trinajstić information content (AvgIpc) is 3.15. The van der Waals surface area contributed by atoms with Crippen molar-refractivity contribution in [1.29, 1.82) is 0 Å². The molecule has 2 aromatic rings. The van der Waals surface area contributed by atoms with Gasteiger partial charge in [-0.3, -0.25) is 25.2 Å². The molecule has 0 atom stereocenters. The van der Waals surface area contributed by atoms with Gasteiger partial charge in [-0.25, -0.2) is 0 Å². The van der Waals surface area contributed by atoms with Crippen molar-refractivity contribution >= 4 is 46.5 Å². The summed E-state index contributed by atoms with van der Waals surface area (Å²) < 4.78 is 5.04. The molecule has 0 fully saturated rings. The Kier molecular flexibility index (Phi) is 7.30. The summed E-state index contributed by atoms with van der Waals surface area (Å²) in [5, 5.41) is 4.49. The van der Waals surface area contributed by atoms with E-state index in [1.165, 1.54) is 11.3 Å².